The first-order chi connectivity index (χ1) is 21.3. The fourth-order valence-electron chi connectivity index (χ4n) is 7.21. The van der Waals surface area contributed by atoms with Crippen molar-refractivity contribution in [3.8, 4) is 0 Å². The second kappa shape index (κ2) is 9.23. The van der Waals surface area contributed by atoms with E-state index in [-0.39, 0.29) is 0 Å². The normalized spacial score (nSPS) is 16.9. The third-order valence-corrected chi connectivity index (χ3v) is 9.12. The van der Waals surface area contributed by atoms with Gasteiger partial charge < -0.3 is 4.57 Å². The number of aromatic nitrogens is 3. The second-order valence-electron chi connectivity index (χ2n) is 11.4. The first-order valence-corrected chi connectivity index (χ1v) is 14.8. The molecule has 1 aliphatic rings. The maximum atomic E-state index is 5.59. The van der Waals surface area contributed by atoms with Gasteiger partial charge in [0.25, 0.3) is 0 Å². The van der Waals surface area contributed by atoms with Crippen molar-refractivity contribution in [2.75, 3.05) is 0 Å². The molecule has 1 aliphatic carbocycles. The van der Waals surface area contributed by atoms with E-state index in [0.717, 1.165) is 33.9 Å². The lowest BCUT2D eigenvalue weighted by atomic mass is 9.80. The van der Waals surface area contributed by atoms with Gasteiger partial charge in [0.15, 0.2) is 0 Å². The van der Waals surface area contributed by atoms with Crippen LogP contribution in [-0.4, -0.2) is 14.5 Å². The van der Waals surface area contributed by atoms with E-state index in [1.165, 1.54) is 43.7 Å². The van der Waals surface area contributed by atoms with Crippen LogP contribution in [0, 0.1) is 0 Å². The van der Waals surface area contributed by atoms with Gasteiger partial charge in [0.2, 0.25) is 0 Å². The molecule has 3 nitrogen and oxygen atoms in total. The largest absolute Gasteiger partial charge is 0.325 e. The lowest BCUT2D eigenvalue weighted by Crippen LogP contribution is -2.35. The number of benzene rings is 6. The Bertz CT molecular complexity index is 2340. The standard InChI is InChI=1S/C40H27N3/c1-2-13-27(14-3-1)28-15-12-24-40(25-28,43-35-22-10-8-18-31(35)32-19-9-11-23-36(32)43)37-26-41-38-33-20-6-4-16-29(33)30-17-5-7-21-34(30)39(38)42-37/h1-24,26H,25H2. The van der Waals surface area contributed by atoms with Crippen LogP contribution in [0.3, 0.4) is 0 Å². The van der Waals surface area contributed by atoms with Crippen molar-refractivity contribution in [3.05, 3.63) is 163 Å². The van der Waals surface area contributed by atoms with Crippen molar-refractivity contribution in [2.24, 2.45) is 0 Å². The third-order valence-electron chi connectivity index (χ3n) is 9.12. The zero-order chi connectivity index (χ0) is 28.4. The molecule has 0 N–H and O–H groups in total. The number of fused-ring (bicyclic) bond motifs is 9. The monoisotopic (exact) mass is 549 g/mol. The fraction of sp³-hybridized carbons (Fsp3) is 0.0500. The van der Waals surface area contributed by atoms with E-state index in [0.29, 0.717) is 0 Å². The molecule has 1 atom stereocenters. The van der Waals surface area contributed by atoms with Gasteiger partial charge in [0, 0.05) is 28.0 Å². The number of allylic oxidation sites excluding steroid dienone is 4. The molecule has 0 radical (unpaired) electrons. The smallest absolute Gasteiger partial charge is 0.111 e. The summed E-state index contributed by atoms with van der Waals surface area (Å²) < 4.78 is 2.50. The highest BCUT2D eigenvalue weighted by atomic mass is 15.1. The molecule has 0 amide bonds. The van der Waals surface area contributed by atoms with Gasteiger partial charge in [0.1, 0.15) is 5.54 Å². The summed E-state index contributed by atoms with van der Waals surface area (Å²) in [4.78, 5) is 10.8. The average molecular weight is 550 g/mol. The Morgan fingerprint density at radius 1 is 0.535 bits per heavy atom. The topological polar surface area (TPSA) is 30.7 Å². The third kappa shape index (κ3) is 3.49. The minimum Gasteiger partial charge on any atom is -0.325 e. The summed E-state index contributed by atoms with van der Waals surface area (Å²) in [5, 5.41) is 7.15. The molecule has 1 unspecified atom stereocenters. The predicted molar refractivity (Wildman–Crippen MR) is 179 cm³/mol. The highest BCUT2D eigenvalue weighted by molar-refractivity contribution is 6.23. The molecule has 3 heteroatoms. The Labute approximate surface area is 249 Å². The van der Waals surface area contributed by atoms with E-state index in [9.17, 15) is 0 Å². The summed E-state index contributed by atoms with van der Waals surface area (Å²) in [7, 11) is 0. The second-order valence-corrected chi connectivity index (χ2v) is 11.4. The van der Waals surface area contributed by atoms with Crippen molar-refractivity contribution in [1.82, 2.24) is 14.5 Å². The number of nitrogens with zero attached hydrogens (tertiary/aromatic N) is 3. The average Bonchev–Trinajstić information content (AvgIpc) is 3.43. The van der Waals surface area contributed by atoms with E-state index < -0.39 is 5.54 Å². The summed E-state index contributed by atoms with van der Waals surface area (Å²) in [6.07, 6.45) is 9.56. The van der Waals surface area contributed by atoms with Crippen LogP contribution in [0.4, 0.5) is 0 Å². The minimum atomic E-state index is -0.601. The number of hydrogen-bond acceptors (Lipinski definition) is 2. The molecule has 0 aliphatic heterocycles. The van der Waals surface area contributed by atoms with Crippen LogP contribution in [0.2, 0.25) is 0 Å². The lowest BCUT2D eigenvalue weighted by molar-refractivity contribution is 0.470. The number of rotatable bonds is 3. The molecule has 9 rings (SSSR count). The van der Waals surface area contributed by atoms with Gasteiger partial charge in [-0.3, -0.25) is 4.98 Å². The van der Waals surface area contributed by atoms with E-state index in [4.69, 9.17) is 9.97 Å². The molecule has 0 spiro atoms. The Morgan fingerprint density at radius 2 is 1.07 bits per heavy atom. The first-order valence-electron chi connectivity index (χ1n) is 14.8. The van der Waals surface area contributed by atoms with Crippen molar-refractivity contribution in [3.63, 3.8) is 0 Å². The number of para-hydroxylation sites is 2. The quantitative estimate of drug-likeness (QED) is 0.205. The van der Waals surface area contributed by atoms with Gasteiger partial charge in [-0.05, 0) is 34.0 Å². The molecule has 0 saturated heterocycles. The van der Waals surface area contributed by atoms with Crippen LogP contribution in [0.1, 0.15) is 17.7 Å². The Balaban J connectivity index is 1.40. The zero-order valence-electron chi connectivity index (χ0n) is 23.5. The zero-order valence-corrected chi connectivity index (χ0v) is 23.5. The van der Waals surface area contributed by atoms with Gasteiger partial charge >= 0.3 is 0 Å². The van der Waals surface area contributed by atoms with Gasteiger partial charge in [-0.1, -0.05) is 133 Å². The Morgan fingerprint density at radius 3 is 1.72 bits per heavy atom. The van der Waals surface area contributed by atoms with Crippen molar-refractivity contribution in [2.45, 2.75) is 12.0 Å². The Kier molecular flexibility index (Phi) is 5.17. The van der Waals surface area contributed by atoms with E-state index in [2.05, 4.69) is 150 Å². The van der Waals surface area contributed by atoms with Gasteiger partial charge in [-0.25, -0.2) is 4.98 Å². The van der Waals surface area contributed by atoms with Crippen LogP contribution in [0.25, 0.3) is 60.0 Å². The van der Waals surface area contributed by atoms with Crippen molar-refractivity contribution < 1.29 is 0 Å². The van der Waals surface area contributed by atoms with E-state index in [1.54, 1.807) is 0 Å². The molecule has 0 fully saturated rings. The molecule has 0 saturated carbocycles. The highest BCUT2D eigenvalue weighted by Crippen LogP contribution is 2.45. The van der Waals surface area contributed by atoms with Crippen LogP contribution < -0.4 is 0 Å². The van der Waals surface area contributed by atoms with E-state index in [1.807, 2.05) is 6.20 Å². The van der Waals surface area contributed by atoms with E-state index >= 15 is 0 Å². The van der Waals surface area contributed by atoms with Crippen molar-refractivity contribution >= 4 is 60.0 Å². The van der Waals surface area contributed by atoms with Crippen LogP contribution in [0.15, 0.2) is 152 Å². The summed E-state index contributed by atoms with van der Waals surface area (Å²) in [5.41, 5.74) is 7.09. The first kappa shape index (κ1) is 24.1. The molecule has 0 bridgehead atoms. The van der Waals surface area contributed by atoms with Gasteiger partial charge in [-0.2, -0.15) is 0 Å². The van der Waals surface area contributed by atoms with Crippen molar-refractivity contribution in [1.29, 1.82) is 0 Å². The molecule has 2 aromatic heterocycles. The number of hydrogen-bond donors (Lipinski definition) is 0. The molecule has 43 heavy (non-hydrogen) atoms. The molecule has 2 heterocycles. The molecular formula is C40H27N3. The summed E-state index contributed by atoms with van der Waals surface area (Å²) >= 11 is 0. The highest BCUT2D eigenvalue weighted by Gasteiger charge is 2.39. The van der Waals surface area contributed by atoms with Crippen LogP contribution in [-0.2, 0) is 5.54 Å². The maximum absolute atomic E-state index is 5.59. The maximum Gasteiger partial charge on any atom is 0.111 e. The summed E-state index contributed by atoms with van der Waals surface area (Å²) in [6.45, 7) is 0. The molecular weight excluding hydrogens is 522 g/mol. The van der Waals surface area contributed by atoms with Crippen LogP contribution >= 0.6 is 0 Å². The van der Waals surface area contributed by atoms with Crippen LogP contribution in [0.5, 0.6) is 0 Å². The van der Waals surface area contributed by atoms with Gasteiger partial charge in [0.05, 0.1) is 34.0 Å². The molecule has 8 aromatic rings. The summed E-state index contributed by atoms with van der Waals surface area (Å²) in [5.74, 6) is 0. The minimum absolute atomic E-state index is 0.601. The lowest BCUT2D eigenvalue weighted by Gasteiger charge is -2.36. The summed E-state index contributed by atoms with van der Waals surface area (Å²) in [6, 6.07) is 45.3. The SMILES string of the molecule is C1=CC(c2cnc3c4ccccc4c4ccccc4c3n2)(n2c3ccccc3c3ccccc32)CC(c2ccccc2)=C1. The predicted octanol–water partition coefficient (Wildman–Crippen LogP) is 9.83. The molecule has 202 valence electrons. The Hall–Kier alpha value is -5.54. The fourth-order valence-corrected chi connectivity index (χ4v) is 7.21. The van der Waals surface area contributed by atoms with Gasteiger partial charge in [-0.15, -0.1) is 0 Å². The molecule has 6 aromatic carbocycles.